The Labute approximate surface area is 160 Å². The Bertz CT molecular complexity index is 974. The van der Waals surface area contributed by atoms with Crippen LogP contribution in [0.3, 0.4) is 0 Å². The largest absolute Gasteiger partial charge is 0.497 e. The third-order valence-corrected chi connectivity index (χ3v) is 4.71. The molecule has 0 spiro atoms. The summed E-state index contributed by atoms with van der Waals surface area (Å²) in [6.45, 7) is 1.65. The molecule has 2 aromatic rings. The number of hydrogen-bond acceptors (Lipinski definition) is 6. The maximum absolute atomic E-state index is 12.9. The van der Waals surface area contributed by atoms with Gasteiger partial charge in [-0.3, -0.25) is 15.0 Å². The molecule has 1 fully saturated rings. The number of methoxy groups -OCH3 is 1. The van der Waals surface area contributed by atoms with Crippen LogP contribution in [0, 0.1) is 0 Å². The van der Waals surface area contributed by atoms with E-state index in [0.717, 1.165) is 0 Å². The number of rotatable bonds is 4. The van der Waals surface area contributed by atoms with Crippen LogP contribution in [0.15, 0.2) is 42.5 Å². The molecule has 0 bridgehead atoms. The molecule has 0 unspecified atom stereocenters. The van der Waals surface area contributed by atoms with Gasteiger partial charge in [0.1, 0.15) is 11.3 Å². The smallest absolute Gasteiger partial charge is 0.344 e. The van der Waals surface area contributed by atoms with Crippen LogP contribution in [0.4, 0.5) is 4.79 Å². The van der Waals surface area contributed by atoms with Crippen LogP contribution in [0.5, 0.6) is 17.2 Å². The van der Waals surface area contributed by atoms with Crippen LogP contribution in [-0.2, 0) is 10.3 Å². The Balaban J connectivity index is 1.54. The van der Waals surface area contributed by atoms with Crippen LogP contribution in [0.2, 0.25) is 0 Å². The average molecular weight is 383 g/mol. The van der Waals surface area contributed by atoms with Gasteiger partial charge >= 0.3 is 6.03 Å². The van der Waals surface area contributed by atoms with Crippen molar-refractivity contribution in [3.05, 3.63) is 53.6 Å². The van der Waals surface area contributed by atoms with E-state index in [1.165, 1.54) is 19.2 Å². The highest BCUT2D eigenvalue weighted by Gasteiger charge is 2.50. The molecule has 2 aliphatic heterocycles. The molecule has 1 atom stereocenters. The molecule has 0 radical (unpaired) electrons. The molecule has 2 aliphatic rings. The van der Waals surface area contributed by atoms with Gasteiger partial charge in [0.15, 0.2) is 11.5 Å². The maximum Gasteiger partial charge on any atom is 0.344 e. The number of fused-ring (bicyclic) bond motifs is 1. The minimum absolute atomic E-state index is 0.0770. The van der Waals surface area contributed by atoms with Gasteiger partial charge in [-0.2, -0.15) is 5.01 Å². The summed E-state index contributed by atoms with van der Waals surface area (Å²) in [5, 5.41) is 3.30. The first-order valence-electron chi connectivity index (χ1n) is 8.44. The van der Waals surface area contributed by atoms with Crippen LogP contribution in [0.25, 0.3) is 0 Å². The minimum Gasteiger partial charge on any atom is -0.497 e. The Hall–Kier alpha value is -3.75. The van der Waals surface area contributed by atoms with Crippen molar-refractivity contribution in [2.24, 2.45) is 0 Å². The Kier molecular flexibility index (Phi) is 4.07. The van der Waals surface area contributed by atoms with Gasteiger partial charge in [0, 0.05) is 5.56 Å². The molecule has 2 N–H and O–H groups in total. The van der Waals surface area contributed by atoms with Gasteiger partial charge in [0.25, 0.3) is 11.8 Å². The lowest BCUT2D eigenvalue weighted by molar-refractivity contribution is -0.132. The van der Waals surface area contributed by atoms with Crippen LogP contribution < -0.4 is 25.0 Å². The van der Waals surface area contributed by atoms with Crippen molar-refractivity contribution < 1.29 is 28.6 Å². The monoisotopic (exact) mass is 383 g/mol. The first-order chi connectivity index (χ1) is 13.4. The van der Waals surface area contributed by atoms with Gasteiger partial charge in [-0.25, -0.2) is 4.79 Å². The minimum atomic E-state index is -1.31. The Morgan fingerprint density at radius 1 is 1.14 bits per heavy atom. The van der Waals surface area contributed by atoms with E-state index in [2.05, 4.69) is 10.7 Å². The van der Waals surface area contributed by atoms with Gasteiger partial charge in [-0.15, -0.1) is 0 Å². The van der Waals surface area contributed by atoms with E-state index in [4.69, 9.17) is 14.2 Å². The first-order valence-corrected chi connectivity index (χ1v) is 8.44. The summed E-state index contributed by atoms with van der Waals surface area (Å²) in [5.41, 5.74) is 1.82. The molecule has 28 heavy (non-hydrogen) atoms. The average Bonchev–Trinajstić information content (AvgIpc) is 3.26. The summed E-state index contributed by atoms with van der Waals surface area (Å²) < 4.78 is 15.5. The molecule has 2 heterocycles. The van der Waals surface area contributed by atoms with Crippen molar-refractivity contribution in [1.82, 2.24) is 15.8 Å². The van der Waals surface area contributed by atoms with Gasteiger partial charge in [0.05, 0.1) is 7.11 Å². The zero-order chi connectivity index (χ0) is 19.9. The van der Waals surface area contributed by atoms with Crippen molar-refractivity contribution in [2.45, 2.75) is 12.5 Å². The zero-order valence-electron chi connectivity index (χ0n) is 15.1. The van der Waals surface area contributed by atoms with E-state index in [9.17, 15) is 14.4 Å². The number of amides is 4. The van der Waals surface area contributed by atoms with Gasteiger partial charge in [-0.1, -0.05) is 12.1 Å². The summed E-state index contributed by atoms with van der Waals surface area (Å²) in [6, 6.07) is 10.6. The number of hydrogen-bond donors (Lipinski definition) is 2. The third kappa shape index (κ3) is 2.77. The van der Waals surface area contributed by atoms with E-state index in [-0.39, 0.29) is 12.4 Å². The summed E-state index contributed by atoms with van der Waals surface area (Å²) in [6.07, 6.45) is 0. The van der Waals surface area contributed by atoms with E-state index in [0.29, 0.717) is 27.8 Å². The normalized spacial score (nSPS) is 20.1. The second kappa shape index (κ2) is 6.45. The fourth-order valence-corrected chi connectivity index (χ4v) is 3.06. The summed E-state index contributed by atoms with van der Waals surface area (Å²) in [4.78, 5) is 37.8. The number of urea groups is 1. The lowest BCUT2D eigenvalue weighted by atomic mass is 9.92. The van der Waals surface area contributed by atoms with Crippen molar-refractivity contribution in [2.75, 3.05) is 13.9 Å². The van der Waals surface area contributed by atoms with Crippen LogP contribution >= 0.6 is 0 Å². The Morgan fingerprint density at radius 3 is 2.57 bits per heavy atom. The second-order valence-electron chi connectivity index (χ2n) is 6.43. The summed E-state index contributed by atoms with van der Waals surface area (Å²) in [7, 11) is 1.53. The predicted octanol–water partition coefficient (Wildman–Crippen LogP) is 1.54. The summed E-state index contributed by atoms with van der Waals surface area (Å²) >= 11 is 0. The van der Waals surface area contributed by atoms with E-state index >= 15 is 0 Å². The lowest BCUT2D eigenvalue weighted by Gasteiger charge is -2.22. The van der Waals surface area contributed by atoms with E-state index < -0.39 is 23.4 Å². The molecule has 0 saturated carbocycles. The maximum atomic E-state index is 12.9. The number of carbonyl (C=O) groups is 3. The topological polar surface area (TPSA) is 106 Å². The highest BCUT2D eigenvalue weighted by molar-refractivity contribution is 6.09. The molecule has 9 nitrogen and oxygen atoms in total. The number of ether oxygens (including phenoxy) is 3. The van der Waals surface area contributed by atoms with E-state index in [1.807, 2.05) is 0 Å². The predicted molar refractivity (Wildman–Crippen MR) is 95.8 cm³/mol. The lowest BCUT2D eigenvalue weighted by Crippen LogP contribution is -2.47. The number of hydrazine groups is 1. The molecule has 4 rings (SSSR count). The molecule has 0 aromatic heterocycles. The molecule has 0 aliphatic carbocycles. The molecule has 1 saturated heterocycles. The molecular formula is C19H17N3O6. The molecule has 9 heteroatoms. The zero-order valence-corrected chi connectivity index (χ0v) is 15.1. The van der Waals surface area contributed by atoms with Crippen molar-refractivity contribution >= 4 is 17.8 Å². The standard InChI is InChI=1S/C19H17N3O6/c1-19(12-4-6-13(26-2)7-5-12)17(24)22(18(25)20-19)21-16(23)11-3-8-14-15(9-11)28-10-27-14/h3-9H,10H2,1-2H3,(H,20,25)(H,21,23)/t19-/m0/s1. The number of carbonyl (C=O) groups excluding carboxylic acids is 3. The van der Waals surface area contributed by atoms with Crippen LogP contribution in [0.1, 0.15) is 22.8 Å². The SMILES string of the molecule is COc1ccc([C@]2(C)NC(=O)N(NC(=O)c3ccc4c(c3)OCO4)C2=O)cc1. The summed E-state index contributed by atoms with van der Waals surface area (Å²) in [5.74, 6) is 0.348. The number of nitrogens with zero attached hydrogens (tertiary/aromatic N) is 1. The molecule has 4 amide bonds. The van der Waals surface area contributed by atoms with Gasteiger partial charge < -0.3 is 19.5 Å². The first kappa shape index (κ1) is 17.7. The number of imide groups is 1. The highest BCUT2D eigenvalue weighted by atomic mass is 16.7. The van der Waals surface area contributed by atoms with Crippen molar-refractivity contribution in [1.29, 1.82) is 0 Å². The van der Waals surface area contributed by atoms with Crippen molar-refractivity contribution in [3.8, 4) is 17.2 Å². The van der Waals surface area contributed by atoms with Crippen LogP contribution in [-0.4, -0.2) is 36.8 Å². The number of benzene rings is 2. The molecule has 2 aromatic carbocycles. The second-order valence-corrected chi connectivity index (χ2v) is 6.43. The molecule has 144 valence electrons. The fraction of sp³-hybridized carbons (Fsp3) is 0.211. The Morgan fingerprint density at radius 2 is 1.86 bits per heavy atom. The van der Waals surface area contributed by atoms with Gasteiger partial charge in [-0.05, 0) is 42.8 Å². The number of nitrogens with one attached hydrogen (secondary N) is 2. The van der Waals surface area contributed by atoms with E-state index in [1.54, 1.807) is 37.3 Å². The quantitative estimate of drug-likeness (QED) is 0.776. The third-order valence-electron chi connectivity index (χ3n) is 4.71. The molecular weight excluding hydrogens is 366 g/mol. The van der Waals surface area contributed by atoms with Gasteiger partial charge in [0.2, 0.25) is 6.79 Å². The van der Waals surface area contributed by atoms with Crippen molar-refractivity contribution in [3.63, 3.8) is 0 Å². The fourth-order valence-electron chi connectivity index (χ4n) is 3.06. The highest BCUT2D eigenvalue weighted by Crippen LogP contribution is 2.33.